The minimum Gasteiger partial charge on any atom is -0.848 e. The Kier molecular flexibility index (Phi) is 20.2. The lowest BCUT2D eigenvalue weighted by Crippen LogP contribution is -2.68. The maximum Gasteiger partial charge on any atom is 0.125 e. The van der Waals surface area contributed by atoms with E-state index in [4.69, 9.17) is 5.11 Å². The number of carbonyl (C=O) groups is 5. The topological polar surface area (TPSA) is 322 Å². The Labute approximate surface area is 176 Å². The van der Waals surface area contributed by atoms with Gasteiger partial charge < -0.3 is 76.3 Å². The maximum absolute atomic E-state index is 10.2. The Balaban J connectivity index is -0.000000380. The van der Waals surface area contributed by atoms with E-state index in [2.05, 4.69) is 11.5 Å². The summed E-state index contributed by atoms with van der Waals surface area (Å²) in [5.74, 6) is -6.75. The SMILES string of the molecule is O=C([O-])C([O-])CCC([O-])O.[NH3+]C(CCC(=O)[O-])C(=O)[O-].[NH3+]C(CCCC(=O)[O-])C(=O)[O-]. The number of carboxylic acid groups (broad SMARTS) is 5. The van der Waals surface area contributed by atoms with Gasteiger partial charge in [0.25, 0.3) is 0 Å². The van der Waals surface area contributed by atoms with Gasteiger partial charge in [0.15, 0.2) is 0 Å². The summed E-state index contributed by atoms with van der Waals surface area (Å²) >= 11 is 0. The highest BCUT2D eigenvalue weighted by molar-refractivity contribution is 5.71. The van der Waals surface area contributed by atoms with Crippen molar-refractivity contribution in [1.82, 2.24) is 0 Å². The quantitative estimate of drug-likeness (QED) is 0.218. The van der Waals surface area contributed by atoms with Crippen LogP contribution in [0.1, 0.15) is 44.9 Å². The molecule has 0 fully saturated rings. The lowest BCUT2D eigenvalue weighted by molar-refractivity contribution is -0.489. The van der Waals surface area contributed by atoms with Crippen LogP contribution in [0, 0.1) is 0 Å². The van der Waals surface area contributed by atoms with Gasteiger partial charge in [-0.3, -0.25) is 0 Å². The molecule has 0 aliphatic heterocycles. The molecule has 182 valence electrons. The molecule has 31 heavy (non-hydrogen) atoms. The van der Waals surface area contributed by atoms with Gasteiger partial charge in [-0.05, 0) is 32.0 Å². The van der Waals surface area contributed by atoms with Crippen LogP contribution >= 0.6 is 0 Å². The van der Waals surface area contributed by atoms with E-state index in [1.165, 1.54) is 0 Å². The monoisotopic (exact) mass is 453 g/mol. The summed E-state index contributed by atoms with van der Waals surface area (Å²) in [5, 5.41) is 77.4. The first-order chi connectivity index (χ1) is 14.1. The normalized spacial score (nSPS) is 13.7. The average molecular weight is 453 g/mol. The fraction of sp³-hybridized carbons (Fsp3) is 0.688. The Hall–Kier alpha value is -2.85. The summed E-state index contributed by atoms with van der Waals surface area (Å²) in [4.78, 5) is 49.3. The van der Waals surface area contributed by atoms with E-state index in [-0.39, 0.29) is 44.9 Å². The number of aliphatic hydroxyl groups is 1. The van der Waals surface area contributed by atoms with E-state index < -0.39 is 54.3 Å². The van der Waals surface area contributed by atoms with Crippen molar-refractivity contribution in [3.8, 4) is 0 Å². The van der Waals surface area contributed by atoms with Crippen molar-refractivity contribution in [3.05, 3.63) is 0 Å². The predicted octanol–water partition coefficient (Wildman–Crippen LogP) is -11.9. The minimum absolute atomic E-state index is 0.0370. The number of quaternary nitrogens is 2. The van der Waals surface area contributed by atoms with Gasteiger partial charge in [-0.2, -0.15) is 0 Å². The minimum atomic E-state index is -1.90. The Bertz CT molecular complexity index is 568. The fourth-order valence-electron chi connectivity index (χ4n) is 1.43. The van der Waals surface area contributed by atoms with Gasteiger partial charge in [-0.1, -0.05) is 12.5 Å². The highest BCUT2D eigenvalue weighted by Gasteiger charge is 2.06. The zero-order valence-electron chi connectivity index (χ0n) is 16.5. The molecule has 0 aromatic carbocycles. The third kappa shape index (κ3) is 27.1. The van der Waals surface area contributed by atoms with Crippen molar-refractivity contribution in [2.75, 3.05) is 0 Å². The highest BCUT2D eigenvalue weighted by Crippen LogP contribution is 1.95. The second-order valence-corrected chi connectivity index (χ2v) is 6.05. The fourth-order valence-corrected chi connectivity index (χ4v) is 1.43. The van der Waals surface area contributed by atoms with Crippen molar-refractivity contribution in [2.24, 2.45) is 0 Å². The van der Waals surface area contributed by atoms with Gasteiger partial charge in [0.1, 0.15) is 12.1 Å². The molecule has 0 bridgehead atoms. The Morgan fingerprint density at radius 3 is 1.39 bits per heavy atom. The van der Waals surface area contributed by atoms with Gasteiger partial charge in [0, 0.05) is 30.7 Å². The molecule has 0 rings (SSSR count). The summed E-state index contributed by atoms with van der Waals surface area (Å²) in [6.45, 7) is 0. The van der Waals surface area contributed by atoms with E-state index >= 15 is 0 Å². The largest absolute Gasteiger partial charge is 0.848 e. The third-order valence-electron chi connectivity index (χ3n) is 3.24. The summed E-state index contributed by atoms with van der Waals surface area (Å²) in [5.41, 5.74) is 6.42. The molecule has 0 aromatic rings. The van der Waals surface area contributed by atoms with Crippen LogP contribution in [0.15, 0.2) is 0 Å². The van der Waals surface area contributed by atoms with Crippen molar-refractivity contribution in [2.45, 2.75) is 69.4 Å². The first-order valence-corrected chi connectivity index (χ1v) is 8.79. The van der Waals surface area contributed by atoms with Crippen molar-refractivity contribution in [3.63, 3.8) is 0 Å². The molecular weight excluding hydrogens is 428 g/mol. The van der Waals surface area contributed by atoms with Gasteiger partial charge in [-0.15, -0.1) is 0 Å². The second-order valence-electron chi connectivity index (χ2n) is 6.05. The molecule has 0 aromatic heterocycles. The first kappa shape index (κ1) is 32.8. The molecular formula is C16H25N2O13-5. The molecule has 0 heterocycles. The summed E-state index contributed by atoms with van der Waals surface area (Å²) in [6.07, 6.45) is -4.46. The molecule has 0 saturated carbocycles. The lowest BCUT2D eigenvalue weighted by Gasteiger charge is -2.25. The molecule has 0 radical (unpaired) electrons. The molecule has 0 spiro atoms. The molecule has 15 heteroatoms. The predicted molar refractivity (Wildman–Crippen MR) is 80.5 cm³/mol. The van der Waals surface area contributed by atoms with E-state index in [1.807, 2.05) is 0 Å². The third-order valence-corrected chi connectivity index (χ3v) is 3.24. The van der Waals surface area contributed by atoms with Crippen LogP contribution in [0.4, 0.5) is 0 Å². The smallest absolute Gasteiger partial charge is 0.125 e. The number of hydrogen-bond acceptors (Lipinski definition) is 13. The number of rotatable bonds is 13. The number of hydrogen-bond donors (Lipinski definition) is 3. The molecule has 0 saturated heterocycles. The number of carbonyl (C=O) groups excluding carboxylic acids is 5. The van der Waals surface area contributed by atoms with Crippen LogP contribution in [0.5, 0.6) is 0 Å². The Morgan fingerprint density at radius 2 is 1.06 bits per heavy atom. The number of aliphatic hydroxyl groups excluding tert-OH is 1. The number of aliphatic carboxylic acids is 5. The van der Waals surface area contributed by atoms with Crippen molar-refractivity contribution < 1.29 is 76.3 Å². The van der Waals surface area contributed by atoms with Crippen molar-refractivity contribution in [1.29, 1.82) is 0 Å². The van der Waals surface area contributed by atoms with Crippen LogP contribution in [-0.4, -0.2) is 59.4 Å². The summed E-state index contributed by atoms with van der Waals surface area (Å²) < 4.78 is 0. The first-order valence-electron chi connectivity index (χ1n) is 8.79. The van der Waals surface area contributed by atoms with Gasteiger partial charge >= 0.3 is 0 Å². The molecule has 0 aliphatic carbocycles. The van der Waals surface area contributed by atoms with E-state index in [9.17, 15) is 59.7 Å². The van der Waals surface area contributed by atoms with Crippen LogP contribution < -0.4 is 47.2 Å². The van der Waals surface area contributed by atoms with Crippen LogP contribution in [0.2, 0.25) is 0 Å². The molecule has 0 aliphatic rings. The van der Waals surface area contributed by atoms with Crippen LogP contribution in [0.3, 0.4) is 0 Å². The van der Waals surface area contributed by atoms with E-state index in [0.29, 0.717) is 0 Å². The second kappa shape index (κ2) is 19.1. The van der Waals surface area contributed by atoms with Gasteiger partial charge in [-0.25, -0.2) is 0 Å². The van der Waals surface area contributed by atoms with Gasteiger partial charge in [0.05, 0.1) is 11.9 Å². The van der Waals surface area contributed by atoms with E-state index in [1.54, 1.807) is 0 Å². The highest BCUT2D eigenvalue weighted by atomic mass is 16.5. The average Bonchev–Trinajstić information content (AvgIpc) is 2.64. The molecule has 4 atom stereocenters. The van der Waals surface area contributed by atoms with E-state index in [0.717, 1.165) is 0 Å². The standard InChI is InChI=1S/C6H11NO4.C5H9NO4.C5H8O5/c7-4(6(10)11)2-1-3-5(8)9;2*6-3(5(9)10)1-2-4(7)8/h4H,1-3,7H2,(H,8,9)(H,10,11);3H,1-2,6H2,(H,7,8)(H,9,10);3-4,7H,1-2H2,(H,9,10)/q;;-2/p-3. The molecule has 4 unspecified atom stereocenters. The van der Waals surface area contributed by atoms with Gasteiger partial charge in [0.2, 0.25) is 0 Å². The zero-order valence-corrected chi connectivity index (χ0v) is 16.5. The molecule has 0 amide bonds. The maximum atomic E-state index is 10.2. The van der Waals surface area contributed by atoms with Crippen LogP contribution in [0.25, 0.3) is 0 Å². The van der Waals surface area contributed by atoms with Crippen LogP contribution in [-0.2, 0) is 24.0 Å². The Morgan fingerprint density at radius 1 is 0.645 bits per heavy atom. The summed E-state index contributed by atoms with van der Waals surface area (Å²) in [7, 11) is 0. The lowest BCUT2D eigenvalue weighted by atomic mass is 10.1. The number of carboxylic acids is 5. The zero-order chi connectivity index (χ0) is 25.1. The molecule has 15 nitrogen and oxygen atoms in total. The molecule has 7 N–H and O–H groups in total. The summed E-state index contributed by atoms with van der Waals surface area (Å²) in [6, 6.07) is -1.78. The van der Waals surface area contributed by atoms with Crippen molar-refractivity contribution >= 4 is 29.8 Å².